The lowest BCUT2D eigenvalue weighted by molar-refractivity contribution is 0.111. The monoisotopic (exact) mass is 272 g/mol. The summed E-state index contributed by atoms with van der Waals surface area (Å²) in [5, 5.41) is 10.6. The second-order valence-corrected chi connectivity index (χ2v) is 5.52. The molecule has 0 aromatic carbocycles. The number of rotatable bonds is 1. The number of aromatic nitrogens is 4. The topological polar surface area (TPSA) is 86.7 Å². The van der Waals surface area contributed by atoms with E-state index in [2.05, 4.69) is 15.0 Å². The fourth-order valence-electron chi connectivity index (χ4n) is 3.29. The molecule has 104 valence electrons. The smallest absolute Gasteiger partial charge is 0.326 e. The molecule has 4 rings (SSSR count). The molecule has 20 heavy (non-hydrogen) atoms. The van der Waals surface area contributed by atoms with E-state index < -0.39 is 0 Å². The van der Waals surface area contributed by atoms with Crippen molar-refractivity contribution in [3.8, 4) is 0 Å². The number of aliphatic hydroxyl groups excluding tert-OH is 1. The third kappa shape index (κ3) is 1.61. The van der Waals surface area contributed by atoms with Crippen LogP contribution < -0.4 is 5.69 Å². The lowest BCUT2D eigenvalue weighted by Crippen LogP contribution is -2.27. The van der Waals surface area contributed by atoms with E-state index in [1.807, 2.05) is 16.8 Å². The molecule has 0 amide bonds. The quantitative estimate of drug-likeness (QED) is 0.630. The van der Waals surface area contributed by atoms with Crippen molar-refractivity contribution in [3.05, 3.63) is 28.9 Å². The summed E-state index contributed by atoms with van der Waals surface area (Å²) in [6.45, 7) is 0. The van der Waals surface area contributed by atoms with Crippen molar-refractivity contribution in [2.45, 2.75) is 37.8 Å². The molecular weight excluding hydrogens is 256 g/mol. The third-order valence-corrected chi connectivity index (χ3v) is 4.29. The Labute approximate surface area is 114 Å². The zero-order chi connectivity index (χ0) is 13.7. The van der Waals surface area contributed by atoms with Gasteiger partial charge in [-0.15, -0.1) is 0 Å². The van der Waals surface area contributed by atoms with Gasteiger partial charge in [0.25, 0.3) is 0 Å². The molecule has 0 radical (unpaired) electrons. The third-order valence-electron chi connectivity index (χ3n) is 4.29. The molecule has 6 nitrogen and oxygen atoms in total. The van der Waals surface area contributed by atoms with Crippen molar-refractivity contribution < 1.29 is 5.11 Å². The highest BCUT2D eigenvalue weighted by molar-refractivity contribution is 6.00. The summed E-state index contributed by atoms with van der Waals surface area (Å²) in [5.74, 6) is 0. The van der Waals surface area contributed by atoms with Crippen molar-refractivity contribution >= 4 is 22.1 Å². The molecule has 1 aliphatic rings. The van der Waals surface area contributed by atoms with Gasteiger partial charge in [0.2, 0.25) is 0 Å². The number of nitrogens with one attached hydrogen (secondary N) is 2. The normalized spacial score (nSPS) is 23.6. The van der Waals surface area contributed by atoms with Crippen LogP contribution in [0.25, 0.3) is 22.1 Å². The average molecular weight is 272 g/mol. The van der Waals surface area contributed by atoms with E-state index in [1.165, 1.54) is 0 Å². The average Bonchev–Trinajstić information content (AvgIpc) is 3.02. The van der Waals surface area contributed by atoms with Gasteiger partial charge in [0.05, 0.1) is 23.3 Å². The van der Waals surface area contributed by atoms with Gasteiger partial charge in [0.1, 0.15) is 5.65 Å². The van der Waals surface area contributed by atoms with Crippen LogP contribution in [-0.4, -0.2) is 30.7 Å². The summed E-state index contributed by atoms with van der Waals surface area (Å²) >= 11 is 0. The molecule has 1 fully saturated rings. The lowest BCUT2D eigenvalue weighted by atomic mass is 9.93. The van der Waals surface area contributed by atoms with Crippen LogP contribution in [0.5, 0.6) is 0 Å². The molecule has 1 aliphatic carbocycles. The highest BCUT2D eigenvalue weighted by atomic mass is 16.3. The number of imidazole rings is 1. The molecule has 3 aromatic rings. The number of hydrogen-bond acceptors (Lipinski definition) is 3. The van der Waals surface area contributed by atoms with Gasteiger partial charge >= 0.3 is 5.69 Å². The summed E-state index contributed by atoms with van der Waals surface area (Å²) < 4.78 is 1.85. The molecule has 3 N–H and O–H groups in total. The number of nitrogens with zero attached hydrogens (tertiary/aromatic N) is 2. The van der Waals surface area contributed by atoms with Crippen molar-refractivity contribution in [1.82, 2.24) is 19.5 Å². The standard InChI is InChI=1S/C14H16N4O2/c19-9-3-1-8(2-4-9)18-12-10-5-6-15-13(10)16-7-11(12)17-14(18)20/h5-9,19H,1-4H2,(H,15,16)(H,17,20)/t8-,9-. The predicted octanol–water partition coefficient (Wildman–Crippen LogP) is 1.68. The van der Waals surface area contributed by atoms with Gasteiger partial charge in [-0.3, -0.25) is 4.57 Å². The second kappa shape index (κ2) is 4.21. The number of aliphatic hydroxyl groups is 1. The SMILES string of the molecule is O=c1[nH]c2cnc3[nH]ccc3c2n1[C@H]1CC[C@H](O)CC1. The Hall–Kier alpha value is -2.08. The Morgan fingerprint density at radius 2 is 2.10 bits per heavy atom. The fourth-order valence-corrected chi connectivity index (χ4v) is 3.29. The summed E-state index contributed by atoms with van der Waals surface area (Å²) in [4.78, 5) is 22.6. The zero-order valence-electron chi connectivity index (χ0n) is 11.0. The lowest BCUT2D eigenvalue weighted by Gasteiger charge is -2.26. The highest BCUT2D eigenvalue weighted by Crippen LogP contribution is 2.31. The van der Waals surface area contributed by atoms with Crippen molar-refractivity contribution in [3.63, 3.8) is 0 Å². The van der Waals surface area contributed by atoms with Crippen LogP contribution in [0.3, 0.4) is 0 Å². The first-order valence-electron chi connectivity index (χ1n) is 6.98. The van der Waals surface area contributed by atoms with Gasteiger partial charge in [-0.1, -0.05) is 0 Å². The van der Waals surface area contributed by atoms with Gasteiger partial charge < -0.3 is 15.1 Å². The summed E-state index contributed by atoms with van der Waals surface area (Å²) in [6.07, 6.45) is 6.50. The van der Waals surface area contributed by atoms with Crippen LogP contribution in [0.1, 0.15) is 31.7 Å². The van der Waals surface area contributed by atoms with E-state index in [0.29, 0.717) is 0 Å². The Balaban J connectivity index is 1.95. The summed E-state index contributed by atoms with van der Waals surface area (Å²) in [6, 6.07) is 2.10. The van der Waals surface area contributed by atoms with Crippen LogP contribution in [-0.2, 0) is 0 Å². The maximum absolute atomic E-state index is 12.3. The summed E-state index contributed by atoms with van der Waals surface area (Å²) in [7, 11) is 0. The van der Waals surface area contributed by atoms with Crippen molar-refractivity contribution in [1.29, 1.82) is 0 Å². The molecule has 0 bridgehead atoms. The van der Waals surface area contributed by atoms with Crippen LogP contribution in [0, 0.1) is 0 Å². The van der Waals surface area contributed by atoms with Crippen LogP contribution >= 0.6 is 0 Å². The largest absolute Gasteiger partial charge is 0.393 e. The van der Waals surface area contributed by atoms with Gasteiger partial charge in [-0.05, 0) is 31.7 Å². The number of hydrogen-bond donors (Lipinski definition) is 3. The number of pyridine rings is 1. The zero-order valence-corrected chi connectivity index (χ0v) is 11.0. The maximum atomic E-state index is 12.3. The molecule has 0 spiro atoms. The summed E-state index contributed by atoms with van der Waals surface area (Å²) in [5.41, 5.74) is 2.40. The maximum Gasteiger partial charge on any atom is 0.326 e. The Morgan fingerprint density at radius 3 is 2.90 bits per heavy atom. The minimum atomic E-state index is -0.221. The first kappa shape index (κ1) is 11.7. The predicted molar refractivity (Wildman–Crippen MR) is 75.7 cm³/mol. The number of aromatic amines is 2. The minimum Gasteiger partial charge on any atom is -0.393 e. The van der Waals surface area contributed by atoms with Crippen LogP contribution in [0.15, 0.2) is 23.3 Å². The van der Waals surface area contributed by atoms with E-state index in [0.717, 1.165) is 47.8 Å². The molecule has 0 unspecified atom stereocenters. The fraction of sp³-hybridized carbons (Fsp3) is 0.429. The van der Waals surface area contributed by atoms with Gasteiger partial charge in [-0.25, -0.2) is 9.78 Å². The van der Waals surface area contributed by atoms with Crippen LogP contribution in [0.2, 0.25) is 0 Å². The van der Waals surface area contributed by atoms with E-state index in [1.54, 1.807) is 6.20 Å². The molecule has 6 heteroatoms. The highest BCUT2D eigenvalue weighted by Gasteiger charge is 2.24. The first-order valence-corrected chi connectivity index (χ1v) is 6.98. The van der Waals surface area contributed by atoms with E-state index in [4.69, 9.17) is 0 Å². The Bertz CT molecular complexity index is 821. The second-order valence-electron chi connectivity index (χ2n) is 5.52. The van der Waals surface area contributed by atoms with Gasteiger partial charge in [0.15, 0.2) is 0 Å². The van der Waals surface area contributed by atoms with Crippen molar-refractivity contribution in [2.75, 3.05) is 0 Å². The van der Waals surface area contributed by atoms with E-state index in [9.17, 15) is 9.90 Å². The van der Waals surface area contributed by atoms with E-state index in [-0.39, 0.29) is 17.8 Å². The molecule has 3 heterocycles. The first-order chi connectivity index (χ1) is 9.74. The molecule has 1 saturated carbocycles. The van der Waals surface area contributed by atoms with Gasteiger partial charge in [-0.2, -0.15) is 0 Å². The molecule has 0 saturated heterocycles. The number of H-pyrrole nitrogens is 2. The number of fused-ring (bicyclic) bond motifs is 3. The van der Waals surface area contributed by atoms with Gasteiger partial charge in [0, 0.05) is 17.6 Å². The Kier molecular flexibility index (Phi) is 2.47. The molecular formula is C14H16N4O2. The molecule has 0 atom stereocenters. The Morgan fingerprint density at radius 1 is 1.30 bits per heavy atom. The van der Waals surface area contributed by atoms with E-state index >= 15 is 0 Å². The van der Waals surface area contributed by atoms with Crippen LogP contribution in [0.4, 0.5) is 0 Å². The molecule has 0 aliphatic heterocycles. The van der Waals surface area contributed by atoms with Crippen molar-refractivity contribution in [2.24, 2.45) is 0 Å². The minimum absolute atomic E-state index is 0.0862. The molecule has 3 aromatic heterocycles.